The number of benzene rings is 1. The summed E-state index contributed by atoms with van der Waals surface area (Å²) in [6, 6.07) is 6.46. The smallest absolute Gasteiger partial charge is 0.188 e. The molecule has 0 atom stereocenters. The standard InChI is InChI=1S/C11H15N5/c1-8-3-4-10(5-9(8)2)6-12-7-11-13-15-16-14-11/h3-5,12H,6-7H2,1-2H3,(H,13,14,15,16). The van der Waals surface area contributed by atoms with Crippen LogP contribution in [0.1, 0.15) is 22.5 Å². The summed E-state index contributed by atoms with van der Waals surface area (Å²) < 4.78 is 0. The minimum Gasteiger partial charge on any atom is -0.306 e. The number of tetrazole rings is 1. The van der Waals surface area contributed by atoms with Crippen LogP contribution in [-0.2, 0) is 13.1 Å². The molecule has 0 radical (unpaired) electrons. The molecule has 84 valence electrons. The Morgan fingerprint density at radius 2 is 2.06 bits per heavy atom. The molecule has 0 fully saturated rings. The summed E-state index contributed by atoms with van der Waals surface area (Å²) in [4.78, 5) is 0. The summed E-state index contributed by atoms with van der Waals surface area (Å²) in [6.45, 7) is 5.68. The van der Waals surface area contributed by atoms with Crippen LogP contribution in [-0.4, -0.2) is 20.6 Å². The fourth-order valence-electron chi connectivity index (χ4n) is 1.49. The number of nitrogens with zero attached hydrogens (tertiary/aromatic N) is 3. The van der Waals surface area contributed by atoms with Crippen molar-refractivity contribution in [1.82, 2.24) is 25.9 Å². The minimum atomic E-state index is 0.628. The van der Waals surface area contributed by atoms with Crippen LogP contribution in [0, 0.1) is 13.8 Å². The van der Waals surface area contributed by atoms with Gasteiger partial charge >= 0.3 is 0 Å². The van der Waals surface area contributed by atoms with E-state index in [1.54, 1.807) is 0 Å². The third-order valence-corrected chi connectivity index (χ3v) is 2.57. The van der Waals surface area contributed by atoms with Gasteiger partial charge in [-0.05, 0) is 30.5 Å². The maximum Gasteiger partial charge on any atom is 0.188 e. The average molecular weight is 217 g/mol. The van der Waals surface area contributed by atoms with Crippen molar-refractivity contribution in [3.63, 3.8) is 0 Å². The summed E-state index contributed by atoms with van der Waals surface area (Å²) in [6.07, 6.45) is 0. The van der Waals surface area contributed by atoms with Crippen LogP contribution >= 0.6 is 0 Å². The second-order valence-electron chi connectivity index (χ2n) is 3.85. The van der Waals surface area contributed by atoms with Crippen molar-refractivity contribution >= 4 is 0 Å². The Kier molecular flexibility index (Phi) is 3.26. The van der Waals surface area contributed by atoms with E-state index in [1.165, 1.54) is 16.7 Å². The van der Waals surface area contributed by atoms with E-state index in [0.717, 1.165) is 6.54 Å². The molecule has 0 saturated carbocycles. The molecule has 0 aliphatic carbocycles. The molecule has 1 heterocycles. The van der Waals surface area contributed by atoms with Gasteiger partial charge in [0.05, 0.1) is 6.54 Å². The molecule has 5 nitrogen and oxygen atoms in total. The van der Waals surface area contributed by atoms with E-state index in [2.05, 4.69) is 58.0 Å². The first-order valence-electron chi connectivity index (χ1n) is 5.25. The Morgan fingerprint density at radius 1 is 1.19 bits per heavy atom. The third kappa shape index (κ3) is 2.64. The van der Waals surface area contributed by atoms with Crippen molar-refractivity contribution in [3.05, 3.63) is 40.7 Å². The number of hydrogen-bond acceptors (Lipinski definition) is 4. The van der Waals surface area contributed by atoms with E-state index in [0.29, 0.717) is 12.4 Å². The van der Waals surface area contributed by atoms with Crippen LogP contribution in [0.4, 0.5) is 0 Å². The van der Waals surface area contributed by atoms with Gasteiger partial charge in [-0.3, -0.25) is 0 Å². The van der Waals surface area contributed by atoms with Gasteiger partial charge < -0.3 is 5.32 Å². The lowest BCUT2D eigenvalue weighted by Crippen LogP contribution is -2.13. The van der Waals surface area contributed by atoms with Gasteiger partial charge in [-0.1, -0.05) is 23.4 Å². The fourth-order valence-corrected chi connectivity index (χ4v) is 1.49. The molecule has 0 amide bonds. The topological polar surface area (TPSA) is 66.5 Å². The summed E-state index contributed by atoms with van der Waals surface area (Å²) in [5.41, 5.74) is 3.91. The van der Waals surface area contributed by atoms with E-state index in [-0.39, 0.29) is 0 Å². The maximum atomic E-state index is 3.87. The summed E-state index contributed by atoms with van der Waals surface area (Å²) in [5, 5.41) is 16.9. The quantitative estimate of drug-likeness (QED) is 0.805. The van der Waals surface area contributed by atoms with E-state index in [9.17, 15) is 0 Å². The van der Waals surface area contributed by atoms with Crippen molar-refractivity contribution in [3.8, 4) is 0 Å². The highest BCUT2D eigenvalue weighted by molar-refractivity contribution is 5.29. The summed E-state index contributed by atoms with van der Waals surface area (Å²) in [5.74, 6) is 0.684. The van der Waals surface area contributed by atoms with Gasteiger partial charge in [0.1, 0.15) is 0 Å². The molecular formula is C11H15N5. The van der Waals surface area contributed by atoms with Crippen LogP contribution in [0.5, 0.6) is 0 Å². The van der Waals surface area contributed by atoms with Crippen molar-refractivity contribution in [2.24, 2.45) is 0 Å². The Hall–Kier alpha value is -1.75. The van der Waals surface area contributed by atoms with Crippen LogP contribution in [0.3, 0.4) is 0 Å². The molecular weight excluding hydrogens is 202 g/mol. The van der Waals surface area contributed by atoms with Gasteiger partial charge in [0, 0.05) is 6.54 Å². The number of aryl methyl sites for hydroxylation is 2. The number of aromatic amines is 1. The monoisotopic (exact) mass is 217 g/mol. The maximum absolute atomic E-state index is 3.87. The number of H-pyrrole nitrogens is 1. The largest absolute Gasteiger partial charge is 0.306 e. The lowest BCUT2D eigenvalue weighted by molar-refractivity contribution is 0.663. The normalized spacial score (nSPS) is 10.6. The van der Waals surface area contributed by atoms with Gasteiger partial charge in [-0.25, -0.2) is 0 Å². The molecule has 0 aliphatic rings. The molecule has 0 aliphatic heterocycles. The Balaban J connectivity index is 1.87. The minimum absolute atomic E-state index is 0.628. The number of aromatic nitrogens is 4. The lowest BCUT2D eigenvalue weighted by Gasteiger charge is -2.05. The third-order valence-electron chi connectivity index (χ3n) is 2.57. The number of nitrogens with one attached hydrogen (secondary N) is 2. The molecule has 0 unspecified atom stereocenters. The van der Waals surface area contributed by atoms with Gasteiger partial charge in [0.15, 0.2) is 5.82 Å². The van der Waals surface area contributed by atoms with Gasteiger partial charge in [-0.2, -0.15) is 5.21 Å². The second-order valence-corrected chi connectivity index (χ2v) is 3.85. The van der Waals surface area contributed by atoms with E-state index in [1.807, 2.05) is 0 Å². The van der Waals surface area contributed by atoms with E-state index in [4.69, 9.17) is 0 Å². The Bertz CT molecular complexity index is 449. The first-order chi connectivity index (χ1) is 7.75. The van der Waals surface area contributed by atoms with Crippen LogP contribution < -0.4 is 5.32 Å². The van der Waals surface area contributed by atoms with Gasteiger partial charge in [-0.15, -0.1) is 10.2 Å². The zero-order chi connectivity index (χ0) is 11.4. The van der Waals surface area contributed by atoms with E-state index >= 15 is 0 Å². The van der Waals surface area contributed by atoms with Crippen LogP contribution in [0.25, 0.3) is 0 Å². The highest BCUT2D eigenvalue weighted by Gasteiger charge is 1.99. The Labute approximate surface area is 94.3 Å². The van der Waals surface area contributed by atoms with Crippen molar-refractivity contribution < 1.29 is 0 Å². The first kappa shape index (κ1) is 10.8. The van der Waals surface area contributed by atoms with Gasteiger partial charge in [0.25, 0.3) is 0 Å². The highest BCUT2D eigenvalue weighted by Crippen LogP contribution is 2.09. The zero-order valence-electron chi connectivity index (χ0n) is 9.49. The molecule has 2 rings (SSSR count). The SMILES string of the molecule is Cc1ccc(CNCc2nn[nH]n2)cc1C. The fraction of sp³-hybridized carbons (Fsp3) is 0.364. The predicted octanol–water partition coefficient (Wildman–Crippen LogP) is 1.11. The molecule has 2 N–H and O–H groups in total. The molecule has 1 aromatic carbocycles. The molecule has 2 aromatic rings. The molecule has 5 heteroatoms. The molecule has 16 heavy (non-hydrogen) atoms. The van der Waals surface area contributed by atoms with Crippen LogP contribution in [0.2, 0.25) is 0 Å². The average Bonchev–Trinajstić information content (AvgIpc) is 2.76. The van der Waals surface area contributed by atoms with E-state index < -0.39 is 0 Å². The highest BCUT2D eigenvalue weighted by atomic mass is 15.5. The van der Waals surface area contributed by atoms with Crippen molar-refractivity contribution in [1.29, 1.82) is 0 Å². The summed E-state index contributed by atoms with van der Waals surface area (Å²) in [7, 11) is 0. The first-order valence-corrected chi connectivity index (χ1v) is 5.25. The van der Waals surface area contributed by atoms with Crippen molar-refractivity contribution in [2.75, 3.05) is 0 Å². The molecule has 0 bridgehead atoms. The van der Waals surface area contributed by atoms with Crippen molar-refractivity contribution in [2.45, 2.75) is 26.9 Å². The molecule has 0 spiro atoms. The zero-order valence-corrected chi connectivity index (χ0v) is 9.49. The lowest BCUT2D eigenvalue weighted by atomic mass is 10.1. The summed E-state index contributed by atoms with van der Waals surface area (Å²) >= 11 is 0. The predicted molar refractivity (Wildman–Crippen MR) is 60.6 cm³/mol. The van der Waals surface area contributed by atoms with Crippen LogP contribution in [0.15, 0.2) is 18.2 Å². The molecule has 1 aromatic heterocycles. The molecule has 0 saturated heterocycles. The Morgan fingerprint density at radius 3 is 2.75 bits per heavy atom. The van der Waals surface area contributed by atoms with Gasteiger partial charge in [0.2, 0.25) is 0 Å². The second kappa shape index (κ2) is 4.85. The number of hydrogen-bond donors (Lipinski definition) is 2. The number of rotatable bonds is 4.